The maximum Gasteiger partial charge on any atom is 0.0415 e. The predicted molar refractivity (Wildman–Crippen MR) is 78.0 cm³/mol. The molecule has 0 unspecified atom stereocenters. The van der Waals surface area contributed by atoms with Crippen LogP contribution in [0.2, 0.25) is 0 Å². The number of anilines is 1. The smallest absolute Gasteiger partial charge is 0.0415 e. The van der Waals surface area contributed by atoms with Crippen LogP contribution in [0.4, 0.5) is 5.69 Å². The number of nitrogens with zero attached hydrogens (tertiary/aromatic N) is 1. The van der Waals surface area contributed by atoms with Crippen LogP contribution in [0, 0.1) is 12.8 Å². The van der Waals surface area contributed by atoms with E-state index in [1.165, 1.54) is 16.8 Å². The molecule has 0 amide bonds. The second-order valence-corrected chi connectivity index (χ2v) is 5.57. The lowest BCUT2D eigenvalue weighted by molar-refractivity contribution is 0.510. The summed E-state index contributed by atoms with van der Waals surface area (Å²) in [6, 6.07) is 6.79. The largest absolute Gasteiger partial charge is 0.369 e. The Hall–Kier alpha value is -1.06. The third-order valence-corrected chi connectivity index (χ3v) is 3.72. The number of benzene rings is 1. The molecule has 0 saturated carbocycles. The maximum atomic E-state index is 6.37. The monoisotopic (exact) mass is 247 g/mol. The standard InChI is InChI=1S/C15H25N3/c1-11(2)15(16)13-10-12(3)4-5-14(13)18-8-6-17-7-9-18/h4-5,10-11,15,17H,6-9,16H2,1-3H3/t15-/m0/s1. The van der Waals surface area contributed by atoms with Gasteiger partial charge in [0.25, 0.3) is 0 Å². The Balaban J connectivity index is 2.33. The molecular formula is C15H25N3. The van der Waals surface area contributed by atoms with Gasteiger partial charge in [-0.25, -0.2) is 0 Å². The van der Waals surface area contributed by atoms with E-state index in [0.29, 0.717) is 5.92 Å². The van der Waals surface area contributed by atoms with Gasteiger partial charge in [-0.05, 0) is 24.5 Å². The van der Waals surface area contributed by atoms with Gasteiger partial charge in [-0.1, -0.05) is 31.5 Å². The Labute approximate surface area is 110 Å². The number of piperazine rings is 1. The van der Waals surface area contributed by atoms with E-state index < -0.39 is 0 Å². The summed E-state index contributed by atoms with van der Waals surface area (Å²) >= 11 is 0. The summed E-state index contributed by atoms with van der Waals surface area (Å²) in [6.07, 6.45) is 0. The van der Waals surface area contributed by atoms with Crippen LogP contribution in [-0.2, 0) is 0 Å². The Bertz CT molecular complexity index is 395. The highest BCUT2D eigenvalue weighted by Crippen LogP contribution is 2.30. The lowest BCUT2D eigenvalue weighted by Crippen LogP contribution is -2.44. The van der Waals surface area contributed by atoms with Gasteiger partial charge in [-0.3, -0.25) is 0 Å². The highest BCUT2D eigenvalue weighted by molar-refractivity contribution is 5.56. The van der Waals surface area contributed by atoms with Crippen molar-refractivity contribution in [2.45, 2.75) is 26.8 Å². The molecule has 100 valence electrons. The van der Waals surface area contributed by atoms with E-state index in [2.05, 4.69) is 49.2 Å². The van der Waals surface area contributed by atoms with Crippen molar-refractivity contribution in [2.24, 2.45) is 11.7 Å². The average molecular weight is 247 g/mol. The molecule has 3 nitrogen and oxygen atoms in total. The Kier molecular flexibility index (Phi) is 4.25. The van der Waals surface area contributed by atoms with Crippen molar-refractivity contribution in [2.75, 3.05) is 31.1 Å². The molecular weight excluding hydrogens is 222 g/mol. The van der Waals surface area contributed by atoms with Crippen LogP contribution >= 0.6 is 0 Å². The number of nitrogens with one attached hydrogen (secondary N) is 1. The Morgan fingerprint density at radius 3 is 2.50 bits per heavy atom. The fourth-order valence-corrected chi connectivity index (χ4v) is 2.49. The van der Waals surface area contributed by atoms with Gasteiger partial charge in [0.15, 0.2) is 0 Å². The number of nitrogens with two attached hydrogens (primary N) is 1. The van der Waals surface area contributed by atoms with Gasteiger partial charge in [-0.2, -0.15) is 0 Å². The molecule has 1 aliphatic heterocycles. The van der Waals surface area contributed by atoms with Crippen LogP contribution in [0.5, 0.6) is 0 Å². The zero-order chi connectivity index (χ0) is 13.1. The number of hydrogen-bond donors (Lipinski definition) is 2. The molecule has 1 aromatic carbocycles. The van der Waals surface area contributed by atoms with Crippen molar-refractivity contribution < 1.29 is 0 Å². The van der Waals surface area contributed by atoms with E-state index in [-0.39, 0.29) is 6.04 Å². The maximum absolute atomic E-state index is 6.37. The Morgan fingerprint density at radius 2 is 1.89 bits per heavy atom. The van der Waals surface area contributed by atoms with E-state index in [0.717, 1.165) is 26.2 Å². The molecule has 1 aliphatic rings. The van der Waals surface area contributed by atoms with Gasteiger partial charge in [0.05, 0.1) is 0 Å². The molecule has 3 N–H and O–H groups in total. The molecule has 1 aromatic rings. The fourth-order valence-electron chi connectivity index (χ4n) is 2.49. The minimum atomic E-state index is 0.120. The molecule has 0 spiro atoms. The number of rotatable bonds is 3. The molecule has 0 aromatic heterocycles. The van der Waals surface area contributed by atoms with E-state index in [1.54, 1.807) is 0 Å². The lowest BCUT2D eigenvalue weighted by atomic mass is 9.93. The molecule has 18 heavy (non-hydrogen) atoms. The minimum absolute atomic E-state index is 0.120. The van der Waals surface area contributed by atoms with E-state index in [9.17, 15) is 0 Å². The quantitative estimate of drug-likeness (QED) is 0.859. The second kappa shape index (κ2) is 5.72. The average Bonchev–Trinajstić information content (AvgIpc) is 2.38. The van der Waals surface area contributed by atoms with Crippen molar-refractivity contribution in [3.05, 3.63) is 29.3 Å². The van der Waals surface area contributed by atoms with Gasteiger partial charge in [0, 0.05) is 37.9 Å². The lowest BCUT2D eigenvalue weighted by Gasteiger charge is -2.33. The molecule has 2 rings (SSSR count). The fraction of sp³-hybridized carbons (Fsp3) is 0.600. The van der Waals surface area contributed by atoms with Gasteiger partial charge >= 0.3 is 0 Å². The van der Waals surface area contributed by atoms with Crippen molar-refractivity contribution in [1.29, 1.82) is 0 Å². The highest BCUT2D eigenvalue weighted by atomic mass is 15.2. The first-order valence-electron chi connectivity index (χ1n) is 6.91. The van der Waals surface area contributed by atoms with Crippen molar-refractivity contribution >= 4 is 5.69 Å². The topological polar surface area (TPSA) is 41.3 Å². The van der Waals surface area contributed by atoms with Crippen LogP contribution < -0.4 is 16.0 Å². The van der Waals surface area contributed by atoms with E-state index in [4.69, 9.17) is 5.73 Å². The van der Waals surface area contributed by atoms with Crippen molar-refractivity contribution in [3.8, 4) is 0 Å². The van der Waals surface area contributed by atoms with E-state index in [1.807, 2.05) is 0 Å². The van der Waals surface area contributed by atoms with Crippen LogP contribution in [-0.4, -0.2) is 26.2 Å². The molecule has 1 fully saturated rings. The third-order valence-electron chi connectivity index (χ3n) is 3.72. The molecule has 1 heterocycles. The highest BCUT2D eigenvalue weighted by Gasteiger charge is 2.19. The normalized spacial score (nSPS) is 18.2. The van der Waals surface area contributed by atoms with Crippen LogP contribution in [0.15, 0.2) is 18.2 Å². The molecule has 3 heteroatoms. The summed E-state index contributed by atoms with van der Waals surface area (Å²) in [6.45, 7) is 10.8. The predicted octanol–water partition coefficient (Wildman–Crippen LogP) is 2.06. The van der Waals surface area contributed by atoms with E-state index >= 15 is 0 Å². The minimum Gasteiger partial charge on any atom is -0.369 e. The summed E-state index contributed by atoms with van der Waals surface area (Å²) in [7, 11) is 0. The summed E-state index contributed by atoms with van der Waals surface area (Å²) in [5.74, 6) is 0.466. The van der Waals surface area contributed by atoms with Gasteiger partial charge in [-0.15, -0.1) is 0 Å². The molecule has 0 bridgehead atoms. The summed E-state index contributed by atoms with van der Waals surface area (Å²) in [5, 5.41) is 3.39. The van der Waals surface area contributed by atoms with Crippen LogP contribution in [0.25, 0.3) is 0 Å². The zero-order valence-corrected chi connectivity index (χ0v) is 11.7. The summed E-state index contributed by atoms with van der Waals surface area (Å²) < 4.78 is 0. The van der Waals surface area contributed by atoms with Crippen molar-refractivity contribution in [1.82, 2.24) is 5.32 Å². The Morgan fingerprint density at radius 1 is 1.22 bits per heavy atom. The zero-order valence-electron chi connectivity index (χ0n) is 11.7. The molecule has 0 aliphatic carbocycles. The van der Waals surface area contributed by atoms with Crippen LogP contribution in [0.1, 0.15) is 31.0 Å². The second-order valence-electron chi connectivity index (χ2n) is 5.57. The van der Waals surface area contributed by atoms with Gasteiger partial charge in [0.1, 0.15) is 0 Å². The molecule has 1 atom stereocenters. The first kappa shape index (κ1) is 13.4. The summed E-state index contributed by atoms with van der Waals surface area (Å²) in [4.78, 5) is 2.45. The summed E-state index contributed by atoms with van der Waals surface area (Å²) in [5.41, 5.74) is 10.3. The number of hydrogen-bond acceptors (Lipinski definition) is 3. The van der Waals surface area contributed by atoms with Crippen LogP contribution in [0.3, 0.4) is 0 Å². The van der Waals surface area contributed by atoms with Gasteiger partial charge in [0.2, 0.25) is 0 Å². The molecule has 0 radical (unpaired) electrons. The molecule has 1 saturated heterocycles. The first-order valence-corrected chi connectivity index (χ1v) is 6.91. The van der Waals surface area contributed by atoms with Gasteiger partial charge < -0.3 is 16.0 Å². The van der Waals surface area contributed by atoms with Crippen molar-refractivity contribution in [3.63, 3.8) is 0 Å². The first-order chi connectivity index (χ1) is 8.59. The number of aryl methyl sites for hydroxylation is 1. The third kappa shape index (κ3) is 2.85. The SMILES string of the molecule is Cc1ccc(N2CCNCC2)c([C@@H](N)C(C)C)c1.